The fraction of sp³-hybridized carbons (Fsp3) is 0.917. The molecule has 88 valence electrons. The Morgan fingerprint density at radius 1 is 1.27 bits per heavy atom. The zero-order valence-electron chi connectivity index (χ0n) is 10.2. The molecule has 1 amide bonds. The molecule has 0 atom stereocenters. The largest absolute Gasteiger partial charge is 0.291 e. The van der Waals surface area contributed by atoms with Gasteiger partial charge in [0.1, 0.15) is 0 Å². The van der Waals surface area contributed by atoms with Crippen molar-refractivity contribution in [1.29, 1.82) is 0 Å². The van der Waals surface area contributed by atoms with Gasteiger partial charge in [0.2, 0.25) is 5.91 Å². The molecule has 0 aliphatic heterocycles. The molecule has 1 aliphatic rings. The molecule has 0 spiro atoms. The lowest BCUT2D eigenvalue weighted by Gasteiger charge is -2.28. The minimum atomic E-state index is 0.0597. The van der Waals surface area contributed by atoms with Crippen molar-refractivity contribution >= 4 is 5.91 Å². The molecule has 0 saturated heterocycles. The van der Waals surface area contributed by atoms with Crippen LogP contribution in [0.4, 0.5) is 0 Å². The molecule has 15 heavy (non-hydrogen) atoms. The van der Waals surface area contributed by atoms with Gasteiger partial charge in [0.15, 0.2) is 0 Å². The van der Waals surface area contributed by atoms with E-state index >= 15 is 0 Å². The van der Waals surface area contributed by atoms with E-state index in [1.54, 1.807) is 0 Å². The van der Waals surface area contributed by atoms with Gasteiger partial charge in [0.25, 0.3) is 0 Å². The van der Waals surface area contributed by atoms with Crippen molar-refractivity contribution in [2.45, 2.75) is 58.9 Å². The molecule has 1 rings (SSSR count). The Kier molecular flexibility index (Phi) is 5.09. The highest BCUT2D eigenvalue weighted by molar-refractivity contribution is 5.77. The lowest BCUT2D eigenvalue weighted by atomic mass is 9.85. The summed E-state index contributed by atoms with van der Waals surface area (Å²) in [6.07, 6.45) is 6.27. The third-order valence-corrected chi connectivity index (χ3v) is 3.35. The lowest BCUT2D eigenvalue weighted by molar-refractivity contribution is -0.125. The van der Waals surface area contributed by atoms with Crippen molar-refractivity contribution in [3.8, 4) is 0 Å². The van der Waals surface area contributed by atoms with Crippen molar-refractivity contribution in [3.63, 3.8) is 0 Å². The van der Waals surface area contributed by atoms with Gasteiger partial charge in [0.05, 0.1) is 0 Å². The fourth-order valence-corrected chi connectivity index (χ4v) is 2.03. The molecular weight excluding hydrogens is 188 g/mol. The maximum absolute atomic E-state index is 11.3. The maximum Gasteiger partial charge on any atom is 0.236 e. The third-order valence-electron chi connectivity index (χ3n) is 3.35. The average molecular weight is 212 g/mol. The molecule has 0 radical (unpaired) electrons. The van der Waals surface area contributed by atoms with Gasteiger partial charge >= 0.3 is 0 Å². The Hall–Kier alpha value is -0.570. The Morgan fingerprint density at radius 3 is 2.33 bits per heavy atom. The van der Waals surface area contributed by atoms with Crippen LogP contribution in [0.3, 0.4) is 0 Å². The lowest BCUT2D eigenvalue weighted by Crippen LogP contribution is -2.47. The Labute approximate surface area is 93.0 Å². The Bertz CT molecular complexity index is 196. The number of hydrogen-bond acceptors (Lipinski definition) is 2. The monoisotopic (exact) mass is 212 g/mol. The molecule has 0 aromatic rings. The minimum absolute atomic E-state index is 0.0597. The summed E-state index contributed by atoms with van der Waals surface area (Å²) in [5.41, 5.74) is 5.94. The number of hydrogen-bond donors (Lipinski definition) is 2. The summed E-state index contributed by atoms with van der Waals surface area (Å²) < 4.78 is 0. The topological polar surface area (TPSA) is 41.1 Å². The van der Waals surface area contributed by atoms with Crippen LogP contribution >= 0.6 is 0 Å². The van der Waals surface area contributed by atoms with Gasteiger partial charge in [-0.15, -0.1) is 0 Å². The van der Waals surface area contributed by atoms with E-state index in [4.69, 9.17) is 0 Å². The van der Waals surface area contributed by atoms with E-state index < -0.39 is 0 Å². The van der Waals surface area contributed by atoms with E-state index in [9.17, 15) is 4.79 Å². The van der Waals surface area contributed by atoms with Crippen LogP contribution in [-0.4, -0.2) is 11.9 Å². The van der Waals surface area contributed by atoms with Crippen molar-refractivity contribution in [2.24, 2.45) is 11.8 Å². The predicted octanol–water partition coefficient (Wildman–Crippen LogP) is 2.23. The van der Waals surface area contributed by atoms with Gasteiger partial charge in [-0.25, -0.2) is 5.43 Å². The molecule has 3 nitrogen and oxygen atoms in total. The van der Waals surface area contributed by atoms with Crippen molar-refractivity contribution in [2.75, 3.05) is 0 Å². The highest BCUT2D eigenvalue weighted by Gasteiger charge is 2.20. The van der Waals surface area contributed by atoms with Crippen LogP contribution in [0.2, 0.25) is 0 Å². The van der Waals surface area contributed by atoms with Crippen LogP contribution in [-0.2, 0) is 4.79 Å². The smallest absolute Gasteiger partial charge is 0.236 e. The first-order valence-electron chi connectivity index (χ1n) is 6.18. The SMILES string of the molecule is CCC1CCC(NNC(=O)C(C)C)CC1. The second-order valence-electron chi connectivity index (χ2n) is 4.91. The first-order chi connectivity index (χ1) is 7.13. The zero-order valence-corrected chi connectivity index (χ0v) is 10.2. The van der Waals surface area contributed by atoms with Crippen molar-refractivity contribution < 1.29 is 4.79 Å². The molecule has 0 heterocycles. The van der Waals surface area contributed by atoms with E-state index in [2.05, 4.69) is 17.8 Å². The van der Waals surface area contributed by atoms with Crippen LogP contribution in [0, 0.1) is 11.8 Å². The highest BCUT2D eigenvalue weighted by atomic mass is 16.2. The zero-order chi connectivity index (χ0) is 11.3. The van der Waals surface area contributed by atoms with E-state index in [1.165, 1.54) is 32.1 Å². The summed E-state index contributed by atoms with van der Waals surface area (Å²) in [7, 11) is 0. The summed E-state index contributed by atoms with van der Waals surface area (Å²) in [5.74, 6) is 1.06. The fourth-order valence-electron chi connectivity index (χ4n) is 2.03. The second-order valence-corrected chi connectivity index (χ2v) is 4.91. The molecule has 2 N–H and O–H groups in total. The summed E-state index contributed by atoms with van der Waals surface area (Å²) >= 11 is 0. The number of hydrazine groups is 1. The molecule has 1 aliphatic carbocycles. The van der Waals surface area contributed by atoms with E-state index in [0.29, 0.717) is 6.04 Å². The van der Waals surface area contributed by atoms with Gasteiger partial charge in [-0.05, 0) is 31.6 Å². The van der Waals surface area contributed by atoms with Crippen LogP contribution in [0.1, 0.15) is 52.9 Å². The highest BCUT2D eigenvalue weighted by Crippen LogP contribution is 2.26. The number of amides is 1. The van der Waals surface area contributed by atoms with Crippen LogP contribution in [0.5, 0.6) is 0 Å². The van der Waals surface area contributed by atoms with Crippen molar-refractivity contribution in [1.82, 2.24) is 10.9 Å². The molecule has 0 aromatic carbocycles. The molecule has 0 unspecified atom stereocenters. The second kappa shape index (κ2) is 6.11. The van der Waals surface area contributed by atoms with Gasteiger partial charge in [0, 0.05) is 12.0 Å². The van der Waals surface area contributed by atoms with Gasteiger partial charge in [-0.3, -0.25) is 10.2 Å². The normalized spacial score (nSPS) is 26.7. The third kappa shape index (κ3) is 4.20. The van der Waals surface area contributed by atoms with Gasteiger partial charge in [-0.1, -0.05) is 27.2 Å². The Morgan fingerprint density at radius 2 is 1.87 bits per heavy atom. The standard InChI is InChI=1S/C12H24N2O/c1-4-10-5-7-11(8-6-10)13-14-12(15)9(2)3/h9-11,13H,4-8H2,1-3H3,(H,14,15). The summed E-state index contributed by atoms with van der Waals surface area (Å²) in [4.78, 5) is 11.3. The summed E-state index contributed by atoms with van der Waals surface area (Å²) in [5, 5.41) is 0. The van der Waals surface area contributed by atoms with Crippen LogP contribution in [0.15, 0.2) is 0 Å². The predicted molar refractivity (Wildman–Crippen MR) is 62.2 cm³/mol. The summed E-state index contributed by atoms with van der Waals surface area (Å²) in [6.45, 7) is 6.08. The molecular formula is C12H24N2O. The molecule has 1 fully saturated rings. The van der Waals surface area contributed by atoms with Crippen molar-refractivity contribution in [3.05, 3.63) is 0 Å². The number of nitrogens with one attached hydrogen (secondary N) is 2. The average Bonchev–Trinajstić information content (AvgIpc) is 2.26. The van der Waals surface area contributed by atoms with Crippen LogP contribution in [0.25, 0.3) is 0 Å². The minimum Gasteiger partial charge on any atom is -0.291 e. The molecule has 3 heteroatoms. The van der Waals surface area contributed by atoms with E-state index in [0.717, 1.165) is 5.92 Å². The van der Waals surface area contributed by atoms with Gasteiger partial charge in [-0.2, -0.15) is 0 Å². The summed E-state index contributed by atoms with van der Waals surface area (Å²) in [6, 6.07) is 0.482. The molecule has 0 bridgehead atoms. The Balaban J connectivity index is 2.16. The first-order valence-corrected chi connectivity index (χ1v) is 6.18. The number of carbonyl (C=O) groups is 1. The van der Waals surface area contributed by atoms with E-state index in [-0.39, 0.29) is 11.8 Å². The molecule has 0 aromatic heterocycles. The number of carbonyl (C=O) groups excluding carboxylic acids is 1. The van der Waals surface area contributed by atoms with Gasteiger partial charge < -0.3 is 0 Å². The first kappa shape index (κ1) is 12.5. The number of rotatable bonds is 4. The quantitative estimate of drug-likeness (QED) is 0.702. The molecule has 1 saturated carbocycles. The van der Waals surface area contributed by atoms with E-state index in [1.807, 2.05) is 13.8 Å². The van der Waals surface area contributed by atoms with Crippen LogP contribution < -0.4 is 10.9 Å². The maximum atomic E-state index is 11.3.